The van der Waals surface area contributed by atoms with E-state index in [0.29, 0.717) is 23.3 Å². The first kappa shape index (κ1) is 13.6. The van der Waals surface area contributed by atoms with E-state index in [4.69, 9.17) is 16.3 Å². The highest BCUT2D eigenvalue weighted by Gasteiger charge is 2.21. The maximum atomic E-state index is 11.4. The lowest BCUT2D eigenvalue weighted by molar-refractivity contribution is 0.0695. The number of pyridine rings is 1. The number of fused-ring (bicyclic) bond motifs is 1. The molecule has 2 aromatic rings. The highest BCUT2D eigenvalue weighted by atomic mass is 35.5. The molecular weight excluding hydrogens is 266 g/mol. The smallest absolute Gasteiger partial charge is 0.339 e. The molecule has 0 spiro atoms. The summed E-state index contributed by atoms with van der Waals surface area (Å²) in [5, 5.41) is 10.1. The maximum absolute atomic E-state index is 11.4. The summed E-state index contributed by atoms with van der Waals surface area (Å²) in [5.41, 5.74) is 2.33. The molecule has 0 atom stereocenters. The second-order valence-corrected chi connectivity index (χ2v) is 4.58. The minimum absolute atomic E-state index is 0.000694. The van der Waals surface area contributed by atoms with Crippen LogP contribution in [0, 0.1) is 6.92 Å². The van der Waals surface area contributed by atoms with Crippen molar-refractivity contribution in [2.24, 2.45) is 0 Å². The second kappa shape index (κ2) is 5.05. The van der Waals surface area contributed by atoms with E-state index < -0.39 is 5.97 Å². The molecule has 0 aliphatic heterocycles. The fraction of sp³-hybridized carbons (Fsp3) is 0.286. The van der Waals surface area contributed by atoms with Crippen molar-refractivity contribution in [2.75, 3.05) is 7.11 Å². The van der Waals surface area contributed by atoms with Crippen LogP contribution in [0.1, 0.15) is 28.4 Å². The Hall–Kier alpha value is -1.81. The van der Waals surface area contributed by atoms with E-state index in [1.54, 1.807) is 13.2 Å². The van der Waals surface area contributed by atoms with Crippen LogP contribution in [0.25, 0.3) is 10.9 Å². The molecule has 0 saturated heterocycles. The number of aromatic nitrogens is 1. The minimum Gasteiger partial charge on any atom is -0.494 e. The first-order valence-electron chi connectivity index (χ1n) is 5.90. The Morgan fingerprint density at radius 3 is 2.68 bits per heavy atom. The van der Waals surface area contributed by atoms with Crippen LogP contribution in [0.5, 0.6) is 5.75 Å². The summed E-state index contributed by atoms with van der Waals surface area (Å²) in [6.07, 6.45) is 0.564. The van der Waals surface area contributed by atoms with E-state index in [1.807, 2.05) is 19.9 Å². The number of ether oxygens (including phenoxy) is 1. The van der Waals surface area contributed by atoms with E-state index in [1.165, 1.54) is 0 Å². The van der Waals surface area contributed by atoms with Gasteiger partial charge in [0.25, 0.3) is 0 Å². The van der Waals surface area contributed by atoms with Crippen LogP contribution in [-0.4, -0.2) is 23.2 Å². The van der Waals surface area contributed by atoms with E-state index in [0.717, 1.165) is 10.9 Å². The molecule has 0 radical (unpaired) electrons. The van der Waals surface area contributed by atoms with E-state index in [9.17, 15) is 9.90 Å². The second-order valence-electron chi connectivity index (χ2n) is 4.22. The quantitative estimate of drug-likeness (QED) is 0.874. The van der Waals surface area contributed by atoms with E-state index in [-0.39, 0.29) is 10.7 Å². The summed E-state index contributed by atoms with van der Waals surface area (Å²) in [5.74, 6) is -0.465. The van der Waals surface area contributed by atoms with Gasteiger partial charge in [0.1, 0.15) is 22.0 Å². The SMILES string of the molecule is CCc1c(C(=O)O)c(Cl)nc2c(OC)ccc(C)c12. The van der Waals surface area contributed by atoms with Crippen LogP contribution in [0.3, 0.4) is 0 Å². The lowest BCUT2D eigenvalue weighted by Gasteiger charge is -2.14. The number of aryl methyl sites for hydroxylation is 2. The normalized spacial score (nSPS) is 10.7. The van der Waals surface area contributed by atoms with Gasteiger partial charge >= 0.3 is 5.97 Å². The van der Waals surface area contributed by atoms with Crippen LogP contribution in [0.2, 0.25) is 5.15 Å². The van der Waals surface area contributed by atoms with Gasteiger partial charge in [-0.05, 0) is 30.5 Å². The molecule has 1 aromatic heterocycles. The van der Waals surface area contributed by atoms with Crippen molar-refractivity contribution in [3.63, 3.8) is 0 Å². The van der Waals surface area contributed by atoms with Crippen LogP contribution >= 0.6 is 11.6 Å². The van der Waals surface area contributed by atoms with Gasteiger partial charge in [-0.15, -0.1) is 0 Å². The summed E-state index contributed by atoms with van der Waals surface area (Å²) in [6.45, 7) is 3.82. The Morgan fingerprint density at radius 1 is 1.47 bits per heavy atom. The first-order chi connectivity index (χ1) is 9.01. The van der Waals surface area contributed by atoms with Gasteiger partial charge in [0.2, 0.25) is 0 Å². The van der Waals surface area contributed by atoms with Gasteiger partial charge in [0, 0.05) is 5.39 Å². The number of halogens is 1. The monoisotopic (exact) mass is 279 g/mol. The molecule has 5 heteroatoms. The molecule has 0 aliphatic carbocycles. The van der Waals surface area contributed by atoms with Crippen molar-refractivity contribution in [3.8, 4) is 5.75 Å². The minimum atomic E-state index is -1.06. The predicted octanol–water partition coefficient (Wildman–Crippen LogP) is 3.47. The molecule has 2 rings (SSSR count). The van der Waals surface area contributed by atoms with Crippen molar-refractivity contribution in [1.29, 1.82) is 0 Å². The van der Waals surface area contributed by atoms with Gasteiger partial charge in [-0.2, -0.15) is 0 Å². The zero-order valence-electron chi connectivity index (χ0n) is 11.0. The summed E-state index contributed by atoms with van der Waals surface area (Å²) in [6, 6.07) is 3.70. The number of carbonyl (C=O) groups is 1. The number of hydrogen-bond acceptors (Lipinski definition) is 3. The molecule has 0 bridgehead atoms. The molecule has 1 aromatic carbocycles. The van der Waals surface area contributed by atoms with Crippen molar-refractivity contribution in [2.45, 2.75) is 20.3 Å². The Bertz CT molecular complexity index is 668. The molecule has 4 nitrogen and oxygen atoms in total. The highest BCUT2D eigenvalue weighted by molar-refractivity contribution is 6.33. The standard InChI is InChI=1S/C14H14ClNO3/c1-4-8-10-7(2)5-6-9(19-3)12(10)16-13(15)11(8)14(17)18/h5-6H,4H2,1-3H3,(H,17,18). The van der Waals surface area contributed by atoms with Gasteiger partial charge < -0.3 is 9.84 Å². The topological polar surface area (TPSA) is 59.4 Å². The number of nitrogens with zero attached hydrogens (tertiary/aromatic N) is 1. The average Bonchev–Trinajstić information content (AvgIpc) is 2.37. The molecule has 0 unspecified atom stereocenters. The summed E-state index contributed by atoms with van der Waals surface area (Å²) < 4.78 is 5.27. The molecule has 0 aliphatic rings. The van der Waals surface area contributed by atoms with Gasteiger partial charge in [0.05, 0.1) is 7.11 Å². The third-order valence-electron chi connectivity index (χ3n) is 3.16. The van der Waals surface area contributed by atoms with Gasteiger partial charge in [-0.25, -0.2) is 9.78 Å². The van der Waals surface area contributed by atoms with Crippen LogP contribution < -0.4 is 4.74 Å². The van der Waals surface area contributed by atoms with Crippen LogP contribution in [0.4, 0.5) is 0 Å². The zero-order chi connectivity index (χ0) is 14.2. The van der Waals surface area contributed by atoms with Gasteiger partial charge in [-0.1, -0.05) is 24.6 Å². The number of carboxylic acids is 1. The number of carboxylic acid groups (broad SMARTS) is 1. The molecule has 100 valence electrons. The van der Waals surface area contributed by atoms with Crippen LogP contribution in [0.15, 0.2) is 12.1 Å². The zero-order valence-corrected chi connectivity index (χ0v) is 11.7. The van der Waals surface area contributed by atoms with Gasteiger partial charge in [0.15, 0.2) is 0 Å². The third kappa shape index (κ3) is 2.12. The fourth-order valence-electron chi connectivity index (χ4n) is 2.30. The Morgan fingerprint density at radius 2 is 2.16 bits per heavy atom. The summed E-state index contributed by atoms with van der Waals surface area (Å²) in [7, 11) is 1.55. The molecule has 0 amide bonds. The summed E-state index contributed by atoms with van der Waals surface area (Å²) >= 11 is 6.02. The molecule has 0 fully saturated rings. The molecule has 0 saturated carbocycles. The highest BCUT2D eigenvalue weighted by Crippen LogP contribution is 2.34. The van der Waals surface area contributed by atoms with Crippen molar-refractivity contribution in [1.82, 2.24) is 4.98 Å². The number of benzene rings is 1. The largest absolute Gasteiger partial charge is 0.494 e. The van der Waals surface area contributed by atoms with E-state index in [2.05, 4.69) is 4.98 Å². The molecular formula is C14H14ClNO3. The number of aromatic carboxylic acids is 1. The molecule has 1 heterocycles. The van der Waals surface area contributed by atoms with Gasteiger partial charge in [-0.3, -0.25) is 0 Å². The Kier molecular flexibility index (Phi) is 3.62. The molecule has 1 N–H and O–H groups in total. The predicted molar refractivity (Wildman–Crippen MR) is 74.4 cm³/mol. The Balaban J connectivity index is 3.01. The molecule has 19 heavy (non-hydrogen) atoms. The van der Waals surface area contributed by atoms with Crippen molar-refractivity contribution in [3.05, 3.63) is 34.0 Å². The summed E-state index contributed by atoms with van der Waals surface area (Å²) in [4.78, 5) is 15.6. The van der Waals surface area contributed by atoms with Crippen LogP contribution in [-0.2, 0) is 6.42 Å². The van der Waals surface area contributed by atoms with Crippen molar-refractivity contribution < 1.29 is 14.6 Å². The average molecular weight is 280 g/mol. The lowest BCUT2D eigenvalue weighted by Crippen LogP contribution is -2.07. The fourth-order valence-corrected chi connectivity index (χ4v) is 2.58. The first-order valence-corrected chi connectivity index (χ1v) is 6.28. The Labute approximate surface area is 116 Å². The number of rotatable bonds is 3. The van der Waals surface area contributed by atoms with Crippen molar-refractivity contribution >= 4 is 28.5 Å². The third-order valence-corrected chi connectivity index (χ3v) is 3.43. The lowest BCUT2D eigenvalue weighted by atomic mass is 9.97. The number of methoxy groups -OCH3 is 1. The van der Waals surface area contributed by atoms with E-state index >= 15 is 0 Å². The maximum Gasteiger partial charge on any atom is 0.339 e. The number of hydrogen-bond donors (Lipinski definition) is 1.